The Labute approximate surface area is 256 Å². The van der Waals surface area contributed by atoms with E-state index >= 15 is 0 Å². The van der Waals surface area contributed by atoms with E-state index in [4.69, 9.17) is 27.7 Å². The minimum Gasteiger partial charge on any atom is -0.447 e. The summed E-state index contributed by atoms with van der Waals surface area (Å²) in [5.41, 5.74) is -1.36. The number of nitrogens with zero attached hydrogens (tertiary/aromatic N) is 1. The molecule has 0 aliphatic carbocycles. The fraction of sp³-hybridized carbons (Fsp3) is 0.433. The second kappa shape index (κ2) is 13.5. The Balaban J connectivity index is 2.02. The van der Waals surface area contributed by atoms with Crippen molar-refractivity contribution in [3.63, 3.8) is 0 Å². The Bertz CT molecular complexity index is 1540. The average molecular weight is 647 g/mol. The van der Waals surface area contributed by atoms with Crippen LogP contribution in [0, 0.1) is 0 Å². The van der Waals surface area contributed by atoms with E-state index in [0.29, 0.717) is 0 Å². The van der Waals surface area contributed by atoms with Crippen molar-refractivity contribution in [2.24, 2.45) is 0 Å². The second-order valence-corrected chi connectivity index (χ2v) is 17.9. The van der Waals surface area contributed by atoms with Crippen molar-refractivity contribution in [2.75, 3.05) is 21.3 Å². The predicted octanol–water partition coefficient (Wildman–Crippen LogP) is 2.77. The highest BCUT2D eigenvalue weighted by Gasteiger charge is 2.61. The number of carbonyl (C=O) groups is 1. The van der Waals surface area contributed by atoms with Crippen LogP contribution in [0.15, 0.2) is 82.5 Å². The van der Waals surface area contributed by atoms with E-state index in [9.17, 15) is 18.9 Å². The molecule has 4 rings (SSSR count). The lowest BCUT2D eigenvalue weighted by molar-refractivity contribution is -0.153. The van der Waals surface area contributed by atoms with Gasteiger partial charge in [-0.1, -0.05) is 81.4 Å². The van der Waals surface area contributed by atoms with Gasteiger partial charge >= 0.3 is 19.3 Å². The average Bonchev–Trinajstić information content (AvgIpc) is 3.35. The van der Waals surface area contributed by atoms with Gasteiger partial charge in [0.1, 0.15) is 18.3 Å². The largest absolute Gasteiger partial charge is 0.447 e. The van der Waals surface area contributed by atoms with Crippen LogP contribution in [0.3, 0.4) is 0 Å². The van der Waals surface area contributed by atoms with Gasteiger partial charge < -0.3 is 27.7 Å². The van der Waals surface area contributed by atoms with Crippen molar-refractivity contribution in [1.29, 1.82) is 0 Å². The molecule has 14 heteroatoms. The summed E-state index contributed by atoms with van der Waals surface area (Å²) in [6.45, 7) is 7.39. The van der Waals surface area contributed by atoms with Gasteiger partial charge in [-0.3, -0.25) is 23.7 Å². The quantitative estimate of drug-likeness (QED) is 0.188. The van der Waals surface area contributed by atoms with Gasteiger partial charge in [-0.15, -0.1) is 0 Å². The smallest absolute Gasteiger partial charge is 0.373 e. The number of aromatic nitrogens is 2. The highest BCUT2D eigenvalue weighted by atomic mass is 31.2. The van der Waals surface area contributed by atoms with Gasteiger partial charge in [-0.25, -0.2) is 4.79 Å². The minimum absolute atomic E-state index is 0.505. The zero-order valence-electron chi connectivity index (χ0n) is 25.8. The number of H-pyrrole nitrogens is 1. The van der Waals surface area contributed by atoms with Crippen LogP contribution in [0.5, 0.6) is 0 Å². The maximum Gasteiger partial charge on any atom is 0.373 e. The Hall–Kier alpha value is -3.16. The molecule has 2 aromatic carbocycles. The van der Waals surface area contributed by atoms with Gasteiger partial charge in [0.15, 0.2) is 6.23 Å². The van der Waals surface area contributed by atoms with Crippen LogP contribution in [-0.2, 0) is 37.0 Å². The molecule has 1 aliphatic heterocycles. The SMILES string of the molecule is CO[C@@H]1[C@H](O[Si](c2ccccc2)(c2ccccc2)C(C)(C)C)[C@@H](C(OC(C)=O)P(=O)(OC)OC)O[C@H]1n1ccc(=O)[nH]c1=O. The number of methoxy groups -OCH3 is 1. The predicted molar refractivity (Wildman–Crippen MR) is 166 cm³/mol. The topological polar surface area (TPSA) is 144 Å². The maximum atomic E-state index is 14.0. The molecule has 5 atom stereocenters. The number of esters is 1. The van der Waals surface area contributed by atoms with Gasteiger partial charge in [0.2, 0.25) is 5.85 Å². The third-order valence-corrected chi connectivity index (χ3v) is 14.8. The molecule has 0 radical (unpaired) electrons. The fourth-order valence-electron chi connectivity index (χ4n) is 5.79. The molecule has 1 aromatic heterocycles. The molecule has 0 saturated carbocycles. The van der Waals surface area contributed by atoms with Crippen LogP contribution in [0.2, 0.25) is 5.04 Å². The Kier molecular flexibility index (Phi) is 10.3. The van der Waals surface area contributed by atoms with Crippen molar-refractivity contribution in [1.82, 2.24) is 9.55 Å². The van der Waals surface area contributed by atoms with E-state index in [1.54, 1.807) is 0 Å². The summed E-state index contributed by atoms with van der Waals surface area (Å²) in [4.78, 5) is 39.5. The molecule has 12 nitrogen and oxygen atoms in total. The number of hydrogen-bond donors (Lipinski definition) is 1. The van der Waals surface area contributed by atoms with Crippen molar-refractivity contribution in [2.45, 2.75) is 63.1 Å². The molecule has 1 N–H and O–H groups in total. The third kappa shape index (κ3) is 6.31. The number of ether oxygens (including phenoxy) is 3. The highest BCUT2D eigenvalue weighted by Crippen LogP contribution is 2.57. The van der Waals surface area contributed by atoms with Crippen molar-refractivity contribution in [3.05, 3.63) is 93.8 Å². The van der Waals surface area contributed by atoms with Gasteiger partial charge in [0.25, 0.3) is 13.9 Å². The minimum atomic E-state index is -4.19. The molecule has 238 valence electrons. The van der Waals surface area contributed by atoms with Crippen molar-refractivity contribution in [3.8, 4) is 0 Å². The van der Waals surface area contributed by atoms with E-state index in [-0.39, 0.29) is 0 Å². The molecular formula is C30H39N2O10PSi. The molecular weight excluding hydrogens is 607 g/mol. The Morgan fingerprint density at radius 2 is 1.48 bits per heavy atom. The summed E-state index contributed by atoms with van der Waals surface area (Å²) >= 11 is 0. The lowest BCUT2D eigenvalue weighted by Gasteiger charge is -2.46. The molecule has 1 fully saturated rings. The Morgan fingerprint density at radius 3 is 1.91 bits per heavy atom. The molecule has 3 aromatic rings. The first-order valence-electron chi connectivity index (χ1n) is 14.0. The summed E-state index contributed by atoms with van der Waals surface area (Å²) in [6, 6.07) is 20.7. The molecule has 1 saturated heterocycles. The highest BCUT2D eigenvalue weighted by molar-refractivity contribution is 7.54. The van der Waals surface area contributed by atoms with Crippen LogP contribution in [0.1, 0.15) is 33.9 Å². The summed E-state index contributed by atoms with van der Waals surface area (Å²) in [7, 11) is -3.77. The summed E-state index contributed by atoms with van der Waals surface area (Å²) < 4.78 is 51.1. The van der Waals surface area contributed by atoms with E-state index < -0.39 is 68.6 Å². The Morgan fingerprint density at radius 1 is 0.932 bits per heavy atom. The number of carbonyl (C=O) groups excluding carboxylic acids is 1. The van der Waals surface area contributed by atoms with Crippen LogP contribution >= 0.6 is 7.60 Å². The van der Waals surface area contributed by atoms with E-state index in [2.05, 4.69) is 25.8 Å². The van der Waals surface area contributed by atoms with Gasteiger partial charge in [-0.05, 0) is 15.4 Å². The van der Waals surface area contributed by atoms with Crippen LogP contribution in [0.25, 0.3) is 0 Å². The van der Waals surface area contributed by atoms with Crippen molar-refractivity contribution < 1.29 is 37.0 Å². The summed E-state index contributed by atoms with van der Waals surface area (Å²) in [5.74, 6) is -2.38. The number of aromatic amines is 1. The maximum absolute atomic E-state index is 14.0. The zero-order valence-corrected chi connectivity index (χ0v) is 27.7. The summed E-state index contributed by atoms with van der Waals surface area (Å²) in [5, 5.41) is 1.36. The second-order valence-electron chi connectivity index (χ2n) is 11.4. The van der Waals surface area contributed by atoms with E-state index in [0.717, 1.165) is 21.9 Å². The molecule has 44 heavy (non-hydrogen) atoms. The summed E-state index contributed by atoms with van der Waals surface area (Å²) in [6.07, 6.45) is -3.37. The number of hydrogen-bond acceptors (Lipinski definition) is 10. The molecule has 1 unspecified atom stereocenters. The monoisotopic (exact) mass is 646 g/mol. The standard InChI is InChI=1S/C30H39N2O10PSi/c1-20(33)40-28(43(36,38-6)39-7)26-24(25(37-5)27(41-26)32-19-18-23(34)31-29(32)35)42-44(30(2,3)4,21-14-10-8-11-15-21)22-16-12-9-13-17-22/h8-19,24-28H,1-7H3,(H,31,34,35)/t24-,25+,26-,27+,28?/m0/s1. The van der Waals surface area contributed by atoms with Crippen LogP contribution in [-0.4, -0.2) is 69.3 Å². The molecule has 2 heterocycles. The molecule has 0 amide bonds. The molecule has 1 aliphatic rings. The van der Waals surface area contributed by atoms with E-state index in [1.807, 2.05) is 60.7 Å². The fourth-order valence-corrected chi connectivity index (χ4v) is 11.9. The normalized spacial score (nSPS) is 21.6. The van der Waals surface area contributed by atoms with Crippen LogP contribution < -0.4 is 21.6 Å². The lowest BCUT2D eigenvalue weighted by atomic mass is 10.1. The van der Waals surface area contributed by atoms with Gasteiger partial charge in [0.05, 0.1) is 0 Å². The van der Waals surface area contributed by atoms with Gasteiger partial charge in [-0.2, -0.15) is 0 Å². The zero-order chi connectivity index (χ0) is 32.3. The molecule has 0 spiro atoms. The lowest BCUT2D eigenvalue weighted by Crippen LogP contribution is -2.69. The van der Waals surface area contributed by atoms with E-state index in [1.165, 1.54) is 33.6 Å². The number of nitrogens with one attached hydrogen (secondary N) is 1. The van der Waals surface area contributed by atoms with Crippen LogP contribution in [0.4, 0.5) is 0 Å². The van der Waals surface area contributed by atoms with Gasteiger partial charge in [0, 0.05) is 40.5 Å². The number of benzene rings is 2. The first-order valence-corrected chi connectivity index (χ1v) is 17.5. The van der Waals surface area contributed by atoms with Crippen molar-refractivity contribution >= 4 is 32.3 Å². The molecule has 0 bridgehead atoms. The first-order chi connectivity index (χ1) is 20.8. The third-order valence-electron chi connectivity index (χ3n) is 7.74. The number of rotatable bonds is 11. The first kappa shape index (κ1) is 33.7.